The van der Waals surface area contributed by atoms with E-state index in [1.54, 1.807) is 19.2 Å². The van der Waals surface area contributed by atoms with Gasteiger partial charge in [-0.2, -0.15) is 4.37 Å². The number of halogens is 2. The van der Waals surface area contributed by atoms with Crippen molar-refractivity contribution in [1.82, 2.24) is 9.69 Å². The zero-order chi connectivity index (χ0) is 24.9. The van der Waals surface area contributed by atoms with E-state index in [4.69, 9.17) is 16.3 Å². The maximum atomic E-state index is 16.0. The van der Waals surface area contributed by atoms with Crippen LogP contribution in [0.5, 0.6) is 5.75 Å². The third-order valence-electron chi connectivity index (χ3n) is 5.84. The van der Waals surface area contributed by atoms with Gasteiger partial charge in [0.05, 0.1) is 18.7 Å². The van der Waals surface area contributed by atoms with Gasteiger partial charge in [-0.15, -0.1) is 0 Å². The van der Waals surface area contributed by atoms with Gasteiger partial charge in [0.2, 0.25) is 6.41 Å². The van der Waals surface area contributed by atoms with Crippen molar-refractivity contribution < 1.29 is 19.0 Å². The molecule has 1 aromatic heterocycles. The Kier molecular flexibility index (Phi) is 7.85. The number of carbonyl (C=O) groups excluding carboxylic acids is 1. The number of benzene rings is 3. The van der Waals surface area contributed by atoms with E-state index in [0.717, 1.165) is 15.8 Å². The average molecular weight is 514 g/mol. The lowest BCUT2D eigenvalue weighted by Gasteiger charge is -2.23. The van der Waals surface area contributed by atoms with E-state index in [-0.39, 0.29) is 22.7 Å². The quantitative estimate of drug-likeness (QED) is 0.159. The highest BCUT2D eigenvalue weighted by Crippen LogP contribution is 2.43. The Labute approximate surface area is 211 Å². The molecule has 4 aromatic rings. The van der Waals surface area contributed by atoms with Crippen molar-refractivity contribution in [1.29, 1.82) is 0 Å². The summed E-state index contributed by atoms with van der Waals surface area (Å²) < 4.78 is 25.9. The molecule has 182 valence electrons. The number of aromatic nitrogens is 1. The van der Waals surface area contributed by atoms with Gasteiger partial charge in [0.25, 0.3) is 0 Å². The van der Waals surface area contributed by atoms with E-state index >= 15 is 4.39 Å². The van der Waals surface area contributed by atoms with Crippen LogP contribution in [0.3, 0.4) is 0 Å². The third kappa shape index (κ3) is 5.10. The summed E-state index contributed by atoms with van der Waals surface area (Å²) in [6.45, 7) is 5.15. The van der Waals surface area contributed by atoms with E-state index in [1.165, 1.54) is 11.5 Å². The van der Waals surface area contributed by atoms with Crippen molar-refractivity contribution in [3.63, 3.8) is 0 Å². The van der Waals surface area contributed by atoms with Crippen molar-refractivity contribution in [2.45, 2.75) is 6.42 Å². The number of methoxy groups -OCH3 is 1. The minimum Gasteiger partial charge on any atom is -0.497 e. The van der Waals surface area contributed by atoms with Crippen LogP contribution in [0.15, 0.2) is 54.6 Å². The molecule has 3 aromatic carbocycles. The van der Waals surface area contributed by atoms with Crippen LogP contribution in [-0.2, 0) is 4.79 Å². The van der Waals surface area contributed by atoms with Crippen LogP contribution in [-0.4, -0.2) is 49.2 Å². The monoisotopic (exact) mass is 513 g/mol. The SMILES string of the molecule is C=C(CO)CCN(CCNC=O)c1snc2c(F)c(-c3cc(OC)cc4ccccc34)c(Cl)cc12. The molecule has 0 unspecified atom stereocenters. The molecule has 1 heterocycles. The first kappa shape index (κ1) is 24.9. The fourth-order valence-corrected chi connectivity index (χ4v) is 5.23. The van der Waals surface area contributed by atoms with Crippen LogP contribution in [0, 0.1) is 5.82 Å². The number of ether oxygens (including phenoxy) is 1. The smallest absolute Gasteiger partial charge is 0.207 e. The molecule has 0 aliphatic carbocycles. The molecule has 0 radical (unpaired) electrons. The second-order valence-electron chi connectivity index (χ2n) is 8.04. The number of fused-ring (bicyclic) bond motifs is 2. The zero-order valence-electron chi connectivity index (χ0n) is 19.2. The summed E-state index contributed by atoms with van der Waals surface area (Å²) in [6, 6.07) is 13.1. The summed E-state index contributed by atoms with van der Waals surface area (Å²) in [5.41, 5.74) is 1.81. The molecule has 0 aliphatic rings. The first-order chi connectivity index (χ1) is 17.0. The van der Waals surface area contributed by atoms with Gasteiger partial charge in [0.1, 0.15) is 16.3 Å². The molecule has 0 saturated carbocycles. The van der Waals surface area contributed by atoms with Crippen molar-refractivity contribution >= 4 is 56.2 Å². The van der Waals surface area contributed by atoms with E-state index in [0.29, 0.717) is 54.7 Å². The molecule has 2 N–H and O–H groups in total. The van der Waals surface area contributed by atoms with Crippen LogP contribution in [0.2, 0.25) is 5.02 Å². The van der Waals surface area contributed by atoms with E-state index in [1.807, 2.05) is 35.2 Å². The van der Waals surface area contributed by atoms with Crippen LogP contribution in [0.1, 0.15) is 6.42 Å². The van der Waals surface area contributed by atoms with Gasteiger partial charge < -0.3 is 20.1 Å². The lowest BCUT2D eigenvalue weighted by Crippen LogP contribution is -2.32. The predicted octanol–water partition coefficient (Wildman–Crippen LogP) is 5.41. The molecular weight excluding hydrogens is 489 g/mol. The van der Waals surface area contributed by atoms with Crippen LogP contribution < -0.4 is 15.0 Å². The fraction of sp³-hybridized carbons (Fsp3) is 0.231. The zero-order valence-corrected chi connectivity index (χ0v) is 20.8. The number of aliphatic hydroxyl groups excluding tert-OH is 1. The lowest BCUT2D eigenvalue weighted by atomic mass is 9.96. The van der Waals surface area contributed by atoms with Gasteiger partial charge in [0, 0.05) is 30.6 Å². The number of aliphatic hydroxyl groups is 1. The number of hydrogen-bond donors (Lipinski definition) is 2. The molecule has 9 heteroatoms. The summed E-state index contributed by atoms with van der Waals surface area (Å²) in [5.74, 6) is 0.102. The molecule has 0 saturated heterocycles. The molecule has 1 amide bonds. The number of nitrogens with one attached hydrogen (secondary N) is 1. The third-order valence-corrected chi connectivity index (χ3v) is 7.07. The average Bonchev–Trinajstić information content (AvgIpc) is 3.29. The van der Waals surface area contributed by atoms with Crippen molar-refractivity contribution in [2.75, 3.05) is 38.3 Å². The largest absolute Gasteiger partial charge is 0.497 e. The highest BCUT2D eigenvalue weighted by Gasteiger charge is 2.23. The Morgan fingerprint density at radius 1 is 1.29 bits per heavy atom. The minimum absolute atomic E-state index is 0.109. The van der Waals surface area contributed by atoms with E-state index < -0.39 is 5.82 Å². The highest BCUT2D eigenvalue weighted by molar-refractivity contribution is 7.11. The Morgan fingerprint density at radius 3 is 2.83 bits per heavy atom. The maximum Gasteiger partial charge on any atom is 0.207 e. The number of nitrogens with zero attached hydrogens (tertiary/aromatic N) is 2. The standard InChI is InChI=1S/C26H25ClFN3O3S/c1-16(14-32)7-9-31(10-8-29-15-33)26-21-13-22(27)23(24(28)25(21)30-35-26)20-12-18(34-2)11-17-5-3-4-6-19(17)20/h3-6,11-13,15,32H,1,7-10,14H2,2H3,(H,29,33). The first-order valence-corrected chi connectivity index (χ1v) is 12.2. The van der Waals surface area contributed by atoms with Crippen molar-refractivity contribution in [3.05, 3.63) is 65.5 Å². The van der Waals surface area contributed by atoms with Gasteiger partial charge in [-0.25, -0.2) is 4.39 Å². The van der Waals surface area contributed by atoms with Crippen LogP contribution in [0.4, 0.5) is 9.39 Å². The summed E-state index contributed by atoms with van der Waals surface area (Å²) in [5, 5.41) is 15.3. The van der Waals surface area contributed by atoms with E-state index in [9.17, 15) is 9.90 Å². The first-order valence-electron chi connectivity index (χ1n) is 11.0. The lowest BCUT2D eigenvalue weighted by molar-refractivity contribution is -0.109. The number of carbonyl (C=O) groups is 1. The Bertz CT molecular complexity index is 1390. The Morgan fingerprint density at radius 2 is 2.09 bits per heavy atom. The number of hydrogen-bond acceptors (Lipinski definition) is 6. The summed E-state index contributed by atoms with van der Waals surface area (Å²) in [4.78, 5) is 12.7. The van der Waals surface area contributed by atoms with Crippen molar-refractivity contribution in [3.8, 4) is 16.9 Å². The van der Waals surface area contributed by atoms with Gasteiger partial charge in [-0.1, -0.05) is 48.0 Å². The predicted molar refractivity (Wildman–Crippen MR) is 141 cm³/mol. The van der Waals surface area contributed by atoms with Gasteiger partial charge in [-0.05, 0) is 52.5 Å². The summed E-state index contributed by atoms with van der Waals surface area (Å²) in [6.07, 6.45) is 1.18. The molecule has 0 atom stereocenters. The van der Waals surface area contributed by atoms with Crippen molar-refractivity contribution in [2.24, 2.45) is 0 Å². The molecule has 4 rings (SSSR count). The Balaban J connectivity index is 1.83. The van der Waals surface area contributed by atoms with Gasteiger partial charge in [0.15, 0.2) is 5.82 Å². The topological polar surface area (TPSA) is 74.7 Å². The fourth-order valence-electron chi connectivity index (χ4n) is 4.03. The summed E-state index contributed by atoms with van der Waals surface area (Å²) >= 11 is 7.89. The number of rotatable bonds is 11. The molecule has 0 bridgehead atoms. The maximum absolute atomic E-state index is 16.0. The van der Waals surface area contributed by atoms with E-state index in [2.05, 4.69) is 16.3 Å². The second kappa shape index (κ2) is 11.0. The van der Waals surface area contributed by atoms with Crippen LogP contribution >= 0.6 is 23.1 Å². The molecule has 6 nitrogen and oxygen atoms in total. The molecular formula is C26H25ClFN3O3S. The second-order valence-corrected chi connectivity index (χ2v) is 9.20. The van der Waals surface area contributed by atoms with Crippen LogP contribution in [0.25, 0.3) is 32.8 Å². The molecule has 0 aliphatic heterocycles. The highest BCUT2D eigenvalue weighted by atomic mass is 35.5. The van der Waals surface area contributed by atoms with Gasteiger partial charge in [-0.3, -0.25) is 4.79 Å². The number of anilines is 1. The van der Waals surface area contributed by atoms with Gasteiger partial charge >= 0.3 is 0 Å². The molecule has 0 spiro atoms. The normalized spacial score (nSPS) is 11.1. The Hall–Kier alpha value is -3.20. The number of amides is 1. The molecule has 0 fully saturated rings. The minimum atomic E-state index is -0.501. The molecule has 35 heavy (non-hydrogen) atoms. The summed E-state index contributed by atoms with van der Waals surface area (Å²) in [7, 11) is 1.57.